The number of nitrogens with zero attached hydrogens (tertiary/aromatic N) is 2. The van der Waals surface area contributed by atoms with Gasteiger partial charge >= 0.3 is 0 Å². The second-order valence-corrected chi connectivity index (χ2v) is 7.18. The Labute approximate surface area is 165 Å². The Morgan fingerprint density at radius 3 is 2.21 bits per heavy atom. The zero-order valence-electron chi connectivity index (χ0n) is 16.5. The van der Waals surface area contributed by atoms with Gasteiger partial charge in [0, 0.05) is 31.2 Å². The number of hydrogen-bond donors (Lipinski definition) is 0. The minimum absolute atomic E-state index is 0.0350. The Hall–Kier alpha value is -3.33. The van der Waals surface area contributed by atoms with Crippen LogP contribution >= 0.6 is 0 Å². The molecule has 0 bridgehead atoms. The van der Waals surface area contributed by atoms with Crippen molar-refractivity contribution in [3.05, 3.63) is 94.9 Å². The summed E-state index contributed by atoms with van der Waals surface area (Å²) in [6.45, 7) is 2.09. The number of aromatic nitrogens is 1. The number of benzene rings is 3. The average Bonchev–Trinajstić information content (AvgIpc) is 2.73. The van der Waals surface area contributed by atoms with Crippen LogP contribution in [0.5, 0.6) is 0 Å². The molecule has 3 aromatic carbocycles. The lowest BCUT2D eigenvalue weighted by Gasteiger charge is -2.16. The second-order valence-electron chi connectivity index (χ2n) is 7.18. The summed E-state index contributed by atoms with van der Waals surface area (Å²) in [5.41, 5.74) is 5.12. The fourth-order valence-corrected chi connectivity index (χ4v) is 3.72. The van der Waals surface area contributed by atoms with Crippen molar-refractivity contribution in [3.8, 4) is 16.8 Å². The minimum Gasteiger partial charge on any atom is -0.378 e. The Bertz CT molecular complexity index is 1170. The molecule has 1 aromatic heterocycles. The van der Waals surface area contributed by atoms with Crippen molar-refractivity contribution in [2.45, 2.75) is 13.3 Å². The van der Waals surface area contributed by atoms with Crippen molar-refractivity contribution in [1.82, 2.24) is 4.57 Å². The van der Waals surface area contributed by atoms with E-state index >= 15 is 0 Å². The summed E-state index contributed by atoms with van der Waals surface area (Å²) in [7, 11) is 4.05. The van der Waals surface area contributed by atoms with Gasteiger partial charge in [-0.1, -0.05) is 55.5 Å². The van der Waals surface area contributed by atoms with Gasteiger partial charge in [0.25, 0.3) is 5.56 Å². The Morgan fingerprint density at radius 1 is 0.857 bits per heavy atom. The van der Waals surface area contributed by atoms with Gasteiger partial charge in [0.2, 0.25) is 0 Å². The molecule has 0 saturated heterocycles. The first kappa shape index (κ1) is 18.1. The van der Waals surface area contributed by atoms with E-state index in [0.29, 0.717) is 0 Å². The zero-order chi connectivity index (χ0) is 19.7. The van der Waals surface area contributed by atoms with Crippen molar-refractivity contribution in [3.63, 3.8) is 0 Å². The lowest BCUT2D eigenvalue weighted by atomic mass is 9.98. The van der Waals surface area contributed by atoms with E-state index in [9.17, 15) is 4.79 Å². The molecule has 0 atom stereocenters. The zero-order valence-corrected chi connectivity index (χ0v) is 16.5. The second kappa shape index (κ2) is 7.35. The molecule has 3 heteroatoms. The molecule has 4 aromatic rings. The van der Waals surface area contributed by atoms with Gasteiger partial charge in [-0.3, -0.25) is 9.36 Å². The maximum Gasteiger partial charge on any atom is 0.263 e. The molecular weight excluding hydrogens is 344 g/mol. The van der Waals surface area contributed by atoms with Crippen molar-refractivity contribution < 1.29 is 0 Å². The largest absolute Gasteiger partial charge is 0.378 e. The van der Waals surface area contributed by atoms with Crippen LogP contribution in [0.15, 0.2) is 83.7 Å². The SMILES string of the molecule is CCc1cc2cccc(-c3ccc(N(C)C)cc3)c2c(=O)n1-c1ccccc1. The minimum atomic E-state index is 0.0350. The molecule has 0 aliphatic carbocycles. The normalized spacial score (nSPS) is 11.0. The predicted molar refractivity (Wildman–Crippen MR) is 119 cm³/mol. The average molecular weight is 368 g/mol. The monoisotopic (exact) mass is 368 g/mol. The van der Waals surface area contributed by atoms with Gasteiger partial charge in [-0.05, 0) is 53.3 Å². The molecule has 4 rings (SSSR count). The fourth-order valence-electron chi connectivity index (χ4n) is 3.72. The first-order valence-corrected chi connectivity index (χ1v) is 9.61. The molecule has 0 fully saturated rings. The highest BCUT2D eigenvalue weighted by molar-refractivity contribution is 5.96. The highest BCUT2D eigenvalue weighted by Gasteiger charge is 2.14. The molecule has 0 aliphatic rings. The molecule has 0 radical (unpaired) electrons. The van der Waals surface area contributed by atoms with E-state index in [4.69, 9.17) is 0 Å². The maximum absolute atomic E-state index is 13.6. The number of pyridine rings is 1. The smallest absolute Gasteiger partial charge is 0.263 e. The van der Waals surface area contributed by atoms with Gasteiger partial charge in [-0.2, -0.15) is 0 Å². The van der Waals surface area contributed by atoms with Crippen LogP contribution in [0.1, 0.15) is 12.6 Å². The summed E-state index contributed by atoms with van der Waals surface area (Å²) in [5.74, 6) is 0. The lowest BCUT2D eigenvalue weighted by Crippen LogP contribution is -2.22. The maximum atomic E-state index is 13.6. The van der Waals surface area contributed by atoms with E-state index in [-0.39, 0.29) is 5.56 Å². The number of fused-ring (bicyclic) bond motifs is 1. The van der Waals surface area contributed by atoms with E-state index in [0.717, 1.165) is 45.4 Å². The molecule has 28 heavy (non-hydrogen) atoms. The van der Waals surface area contributed by atoms with E-state index in [2.05, 4.69) is 42.2 Å². The van der Waals surface area contributed by atoms with Gasteiger partial charge < -0.3 is 4.90 Å². The van der Waals surface area contributed by atoms with Crippen LogP contribution in [-0.2, 0) is 6.42 Å². The molecule has 0 spiro atoms. The van der Waals surface area contributed by atoms with Gasteiger partial charge in [-0.25, -0.2) is 0 Å². The summed E-state index contributed by atoms with van der Waals surface area (Å²) in [6.07, 6.45) is 0.793. The predicted octanol–water partition coefficient (Wildman–Crippen LogP) is 5.29. The quantitative estimate of drug-likeness (QED) is 0.489. The van der Waals surface area contributed by atoms with E-state index in [1.807, 2.05) is 67.2 Å². The Balaban J connectivity index is 2.00. The molecule has 3 nitrogen and oxygen atoms in total. The lowest BCUT2D eigenvalue weighted by molar-refractivity contribution is 0.889. The van der Waals surface area contributed by atoms with Gasteiger partial charge in [-0.15, -0.1) is 0 Å². The molecule has 1 heterocycles. The van der Waals surface area contributed by atoms with Gasteiger partial charge in [0.05, 0.1) is 5.39 Å². The van der Waals surface area contributed by atoms with E-state index in [1.54, 1.807) is 0 Å². The van der Waals surface area contributed by atoms with Gasteiger partial charge in [0.1, 0.15) is 0 Å². The van der Waals surface area contributed by atoms with Crippen molar-refractivity contribution in [1.29, 1.82) is 0 Å². The number of aryl methyl sites for hydroxylation is 1. The summed E-state index contributed by atoms with van der Waals surface area (Å²) in [4.78, 5) is 15.7. The molecular formula is C25H24N2O. The highest BCUT2D eigenvalue weighted by Crippen LogP contribution is 2.29. The van der Waals surface area contributed by atoms with E-state index < -0.39 is 0 Å². The Morgan fingerprint density at radius 2 is 1.57 bits per heavy atom. The topological polar surface area (TPSA) is 25.2 Å². The first-order chi connectivity index (χ1) is 13.6. The summed E-state index contributed by atoms with van der Waals surface area (Å²) >= 11 is 0. The number of para-hydroxylation sites is 1. The molecule has 0 N–H and O–H groups in total. The van der Waals surface area contributed by atoms with Crippen LogP contribution in [0.3, 0.4) is 0 Å². The number of rotatable bonds is 4. The highest BCUT2D eigenvalue weighted by atomic mass is 16.1. The molecule has 0 amide bonds. The molecule has 0 saturated carbocycles. The van der Waals surface area contributed by atoms with Crippen molar-refractivity contribution in [2.75, 3.05) is 19.0 Å². The molecule has 0 aliphatic heterocycles. The van der Waals surface area contributed by atoms with Gasteiger partial charge in [0.15, 0.2) is 0 Å². The van der Waals surface area contributed by atoms with Crippen LogP contribution in [0.25, 0.3) is 27.6 Å². The van der Waals surface area contributed by atoms with Crippen LogP contribution in [0, 0.1) is 0 Å². The third kappa shape index (κ3) is 3.09. The summed E-state index contributed by atoms with van der Waals surface area (Å²) < 4.78 is 1.85. The molecule has 140 valence electrons. The number of hydrogen-bond acceptors (Lipinski definition) is 2. The number of anilines is 1. The van der Waals surface area contributed by atoms with Crippen LogP contribution in [0.4, 0.5) is 5.69 Å². The Kier molecular flexibility index (Phi) is 4.74. The first-order valence-electron chi connectivity index (χ1n) is 9.61. The molecule has 0 unspecified atom stereocenters. The van der Waals surface area contributed by atoms with Crippen LogP contribution in [0.2, 0.25) is 0 Å². The van der Waals surface area contributed by atoms with Crippen LogP contribution < -0.4 is 10.5 Å². The third-order valence-electron chi connectivity index (χ3n) is 5.19. The fraction of sp³-hybridized carbons (Fsp3) is 0.160. The summed E-state index contributed by atoms with van der Waals surface area (Å²) in [6, 6.07) is 26.5. The van der Waals surface area contributed by atoms with Crippen LogP contribution in [-0.4, -0.2) is 18.7 Å². The van der Waals surface area contributed by atoms with Crippen molar-refractivity contribution in [2.24, 2.45) is 0 Å². The van der Waals surface area contributed by atoms with E-state index in [1.165, 1.54) is 0 Å². The third-order valence-corrected chi connectivity index (χ3v) is 5.19. The summed E-state index contributed by atoms with van der Waals surface area (Å²) in [5, 5.41) is 1.75. The van der Waals surface area contributed by atoms with Crippen molar-refractivity contribution >= 4 is 16.5 Å². The standard InChI is InChI=1S/C25H24N2O/c1-4-20-17-19-9-8-12-23(18-13-15-21(16-14-18)26(2)3)24(19)25(28)27(20)22-10-6-5-7-11-22/h5-17H,4H2,1-3H3.